The molecule has 1 heterocycles. The molecule has 4 heteroatoms. The van der Waals surface area contributed by atoms with E-state index in [1.807, 2.05) is 0 Å². The van der Waals surface area contributed by atoms with Crippen molar-refractivity contribution in [1.82, 2.24) is 0 Å². The van der Waals surface area contributed by atoms with Crippen LogP contribution in [-0.2, 0) is 0 Å². The number of aromatic hydroxyl groups is 1. The molecule has 0 aliphatic heterocycles. The summed E-state index contributed by atoms with van der Waals surface area (Å²) in [5.41, 5.74) is 6.80. The Balaban J connectivity index is 0.000000980. The molecule has 0 saturated carbocycles. The molecule has 0 aliphatic rings. The average molecular weight is 212 g/mol. The van der Waals surface area contributed by atoms with Crippen LogP contribution in [0.15, 0.2) is 41.0 Å². The Bertz CT molecular complexity index is 412. The van der Waals surface area contributed by atoms with Gasteiger partial charge in [-0.25, -0.2) is 0 Å². The fourth-order valence-electron chi connectivity index (χ4n) is 1.18. The van der Waals surface area contributed by atoms with Crippen LogP contribution in [-0.4, -0.2) is 5.11 Å². The molecule has 0 unspecified atom stereocenters. The number of halogens is 1. The van der Waals surface area contributed by atoms with Gasteiger partial charge in [0.15, 0.2) is 0 Å². The molecule has 1 aromatic heterocycles. The Hall–Kier alpha value is -1.61. The Labute approximate surface area is 87.6 Å². The normalized spacial score (nSPS) is 9.43. The van der Waals surface area contributed by atoms with E-state index in [-0.39, 0.29) is 18.2 Å². The van der Waals surface area contributed by atoms with Crippen molar-refractivity contribution in [3.05, 3.63) is 36.6 Å². The van der Waals surface area contributed by atoms with Crippen LogP contribution in [0.3, 0.4) is 0 Å². The summed E-state index contributed by atoms with van der Waals surface area (Å²) >= 11 is 0. The van der Waals surface area contributed by atoms with E-state index >= 15 is 0 Å². The van der Waals surface area contributed by atoms with E-state index in [9.17, 15) is 5.11 Å². The van der Waals surface area contributed by atoms with E-state index in [1.165, 1.54) is 0 Å². The number of rotatable bonds is 1. The van der Waals surface area contributed by atoms with Crippen molar-refractivity contribution in [2.24, 2.45) is 0 Å². The summed E-state index contributed by atoms with van der Waals surface area (Å²) in [6, 6.07) is 8.40. The zero-order chi connectivity index (χ0) is 9.26. The Morgan fingerprint density at radius 3 is 2.64 bits per heavy atom. The number of furan rings is 1. The second kappa shape index (κ2) is 4.07. The van der Waals surface area contributed by atoms with Gasteiger partial charge in [-0.1, -0.05) is 0 Å². The SMILES string of the molecule is Cl.Nc1ccc(O)c(-c2ccco2)c1. The van der Waals surface area contributed by atoms with Gasteiger partial charge >= 0.3 is 0 Å². The van der Waals surface area contributed by atoms with Crippen molar-refractivity contribution < 1.29 is 9.52 Å². The largest absolute Gasteiger partial charge is 0.507 e. The van der Waals surface area contributed by atoms with Crippen molar-refractivity contribution >= 4 is 18.1 Å². The average Bonchev–Trinajstić information content (AvgIpc) is 2.61. The number of phenols is 1. The number of nitrogens with two attached hydrogens (primary N) is 1. The highest BCUT2D eigenvalue weighted by atomic mass is 35.5. The summed E-state index contributed by atoms with van der Waals surface area (Å²) in [5.74, 6) is 0.786. The summed E-state index contributed by atoms with van der Waals surface area (Å²) in [4.78, 5) is 0. The highest BCUT2D eigenvalue weighted by Gasteiger charge is 2.06. The molecule has 3 nitrogen and oxygen atoms in total. The lowest BCUT2D eigenvalue weighted by Gasteiger charge is -2.01. The zero-order valence-corrected chi connectivity index (χ0v) is 8.12. The molecular weight excluding hydrogens is 202 g/mol. The second-order valence-electron chi connectivity index (χ2n) is 2.75. The van der Waals surface area contributed by atoms with Crippen LogP contribution in [0.5, 0.6) is 5.75 Å². The Morgan fingerprint density at radius 1 is 1.21 bits per heavy atom. The molecule has 14 heavy (non-hydrogen) atoms. The highest BCUT2D eigenvalue weighted by Crippen LogP contribution is 2.30. The first-order chi connectivity index (χ1) is 6.27. The summed E-state index contributed by atoms with van der Waals surface area (Å²) in [6.45, 7) is 0. The van der Waals surface area contributed by atoms with Gasteiger partial charge in [-0.15, -0.1) is 12.4 Å². The summed E-state index contributed by atoms with van der Waals surface area (Å²) in [7, 11) is 0. The maximum absolute atomic E-state index is 9.49. The van der Waals surface area contributed by atoms with Crippen LogP contribution in [0, 0.1) is 0 Å². The molecule has 2 aromatic rings. The van der Waals surface area contributed by atoms with E-state index in [0.717, 1.165) is 0 Å². The first-order valence-electron chi connectivity index (χ1n) is 3.90. The fraction of sp³-hybridized carbons (Fsp3) is 0. The van der Waals surface area contributed by atoms with Crippen molar-refractivity contribution in [2.45, 2.75) is 0 Å². The number of anilines is 1. The van der Waals surface area contributed by atoms with Gasteiger partial charge in [-0.05, 0) is 30.3 Å². The van der Waals surface area contributed by atoms with Gasteiger partial charge in [0.2, 0.25) is 0 Å². The van der Waals surface area contributed by atoms with Gasteiger partial charge in [-0.3, -0.25) is 0 Å². The lowest BCUT2D eigenvalue weighted by Crippen LogP contribution is -1.84. The summed E-state index contributed by atoms with van der Waals surface area (Å²) in [5, 5.41) is 9.49. The van der Waals surface area contributed by atoms with Crippen LogP contribution in [0.1, 0.15) is 0 Å². The number of nitrogen functional groups attached to an aromatic ring is 1. The third-order valence-corrected chi connectivity index (χ3v) is 1.81. The summed E-state index contributed by atoms with van der Waals surface area (Å²) < 4.78 is 5.14. The molecule has 2 rings (SSSR count). The van der Waals surface area contributed by atoms with Crippen molar-refractivity contribution in [2.75, 3.05) is 5.73 Å². The molecule has 0 atom stereocenters. The van der Waals surface area contributed by atoms with Crippen molar-refractivity contribution in [3.63, 3.8) is 0 Å². The first kappa shape index (κ1) is 10.5. The molecule has 0 fully saturated rings. The smallest absolute Gasteiger partial charge is 0.137 e. The predicted molar refractivity (Wildman–Crippen MR) is 57.5 cm³/mol. The zero-order valence-electron chi connectivity index (χ0n) is 7.31. The number of hydrogen-bond acceptors (Lipinski definition) is 3. The van der Waals surface area contributed by atoms with Crippen LogP contribution >= 0.6 is 12.4 Å². The molecule has 0 aliphatic carbocycles. The van der Waals surface area contributed by atoms with Gasteiger partial charge in [-0.2, -0.15) is 0 Å². The third kappa shape index (κ3) is 1.83. The number of phenolic OH excluding ortho intramolecular Hbond substituents is 1. The maximum atomic E-state index is 9.49. The van der Waals surface area contributed by atoms with E-state index < -0.39 is 0 Å². The van der Waals surface area contributed by atoms with E-state index in [1.54, 1.807) is 36.6 Å². The van der Waals surface area contributed by atoms with Crippen LogP contribution in [0.25, 0.3) is 11.3 Å². The number of benzene rings is 1. The van der Waals surface area contributed by atoms with Gasteiger partial charge in [0.05, 0.1) is 11.8 Å². The van der Waals surface area contributed by atoms with Crippen molar-refractivity contribution in [3.8, 4) is 17.1 Å². The molecule has 1 aromatic carbocycles. The molecule has 0 bridgehead atoms. The molecular formula is C10H10ClNO2. The van der Waals surface area contributed by atoms with Crippen LogP contribution in [0.2, 0.25) is 0 Å². The van der Waals surface area contributed by atoms with E-state index in [2.05, 4.69) is 0 Å². The van der Waals surface area contributed by atoms with Gasteiger partial charge < -0.3 is 15.3 Å². The molecule has 0 radical (unpaired) electrons. The highest BCUT2D eigenvalue weighted by molar-refractivity contribution is 5.85. The molecule has 74 valence electrons. The Morgan fingerprint density at radius 2 is 2.00 bits per heavy atom. The standard InChI is InChI=1S/C10H9NO2.ClH/c11-7-3-4-9(12)8(6-7)10-2-1-5-13-10;/h1-6,12H,11H2;1H. The minimum atomic E-state index is 0. The molecule has 3 N–H and O–H groups in total. The minimum Gasteiger partial charge on any atom is -0.507 e. The minimum absolute atomic E-state index is 0. The maximum Gasteiger partial charge on any atom is 0.137 e. The lowest BCUT2D eigenvalue weighted by atomic mass is 10.1. The topological polar surface area (TPSA) is 59.4 Å². The monoisotopic (exact) mass is 211 g/mol. The van der Waals surface area contributed by atoms with Crippen LogP contribution < -0.4 is 5.73 Å². The second-order valence-corrected chi connectivity index (χ2v) is 2.75. The predicted octanol–water partition coefficient (Wildman–Crippen LogP) is 2.66. The fourth-order valence-corrected chi connectivity index (χ4v) is 1.18. The van der Waals surface area contributed by atoms with Crippen LogP contribution in [0.4, 0.5) is 5.69 Å². The van der Waals surface area contributed by atoms with Gasteiger partial charge in [0, 0.05) is 5.69 Å². The van der Waals surface area contributed by atoms with Crippen molar-refractivity contribution in [1.29, 1.82) is 0 Å². The van der Waals surface area contributed by atoms with Gasteiger partial charge in [0.1, 0.15) is 11.5 Å². The quantitative estimate of drug-likeness (QED) is 0.563. The molecule has 0 spiro atoms. The van der Waals surface area contributed by atoms with E-state index in [0.29, 0.717) is 17.0 Å². The first-order valence-corrected chi connectivity index (χ1v) is 3.90. The summed E-state index contributed by atoms with van der Waals surface area (Å²) in [6.07, 6.45) is 1.55. The molecule has 0 amide bonds. The number of hydrogen-bond donors (Lipinski definition) is 2. The van der Waals surface area contributed by atoms with Gasteiger partial charge in [0.25, 0.3) is 0 Å². The lowest BCUT2D eigenvalue weighted by molar-refractivity contribution is 0.473. The Kier molecular flexibility index (Phi) is 3.04. The molecule has 0 saturated heterocycles. The van der Waals surface area contributed by atoms with E-state index in [4.69, 9.17) is 10.2 Å². The third-order valence-electron chi connectivity index (χ3n) is 1.81.